The minimum atomic E-state index is 0.0121. The molecule has 2 heterocycles. The molecule has 0 atom stereocenters. The van der Waals surface area contributed by atoms with Crippen LogP contribution in [-0.2, 0) is 0 Å². The summed E-state index contributed by atoms with van der Waals surface area (Å²) in [5, 5.41) is 7.09. The van der Waals surface area contributed by atoms with E-state index in [1.165, 1.54) is 0 Å². The van der Waals surface area contributed by atoms with Gasteiger partial charge < -0.3 is 14.5 Å². The Morgan fingerprint density at radius 3 is 2.54 bits per heavy atom. The smallest absolute Gasteiger partial charge is 0.257 e. The fourth-order valence-corrected chi connectivity index (χ4v) is 3.84. The van der Waals surface area contributed by atoms with Crippen LogP contribution >= 0.6 is 15.9 Å². The van der Waals surface area contributed by atoms with E-state index in [9.17, 15) is 4.79 Å². The summed E-state index contributed by atoms with van der Waals surface area (Å²) in [6.07, 6.45) is 1.62. The number of halogens is 1. The van der Waals surface area contributed by atoms with E-state index in [0.717, 1.165) is 40.3 Å². The standard InChI is InChI=1S/C21H21BrN4O2/c1-28-18-7-5-17(6-8-18)25-9-11-26(12-10-25)21(27)19-14-23-24-20(19)15-3-2-4-16(22)13-15/h2-8,13-14H,9-12H2,1H3,(H,23,24). The molecule has 6 nitrogen and oxygen atoms in total. The number of H-pyrrole nitrogens is 1. The molecule has 7 heteroatoms. The van der Waals surface area contributed by atoms with Crippen molar-refractivity contribution < 1.29 is 9.53 Å². The van der Waals surface area contributed by atoms with Gasteiger partial charge in [0.2, 0.25) is 0 Å². The number of hydrogen-bond acceptors (Lipinski definition) is 4. The molecule has 144 valence electrons. The molecule has 0 spiro atoms. The van der Waals surface area contributed by atoms with Crippen LogP contribution in [0.15, 0.2) is 59.2 Å². The van der Waals surface area contributed by atoms with Crippen LogP contribution < -0.4 is 9.64 Å². The third kappa shape index (κ3) is 3.75. The summed E-state index contributed by atoms with van der Waals surface area (Å²) < 4.78 is 6.18. The molecule has 3 aromatic rings. The predicted molar refractivity (Wildman–Crippen MR) is 113 cm³/mol. The maximum absolute atomic E-state index is 13.1. The first-order valence-electron chi connectivity index (χ1n) is 9.13. The normalized spacial score (nSPS) is 14.2. The van der Waals surface area contributed by atoms with Crippen LogP contribution in [0.25, 0.3) is 11.3 Å². The summed E-state index contributed by atoms with van der Waals surface area (Å²) in [7, 11) is 1.66. The van der Waals surface area contributed by atoms with Gasteiger partial charge in [-0.25, -0.2) is 0 Å². The predicted octanol–water partition coefficient (Wildman–Crippen LogP) is 3.81. The van der Waals surface area contributed by atoms with Gasteiger partial charge in [0.25, 0.3) is 5.91 Å². The van der Waals surface area contributed by atoms with E-state index in [-0.39, 0.29) is 5.91 Å². The minimum absolute atomic E-state index is 0.0121. The molecular weight excluding hydrogens is 420 g/mol. The van der Waals surface area contributed by atoms with Gasteiger partial charge in [-0.15, -0.1) is 0 Å². The Morgan fingerprint density at radius 2 is 1.86 bits per heavy atom. The third-order valence-corrected chi connectivity index (χ3v) is 5.48. The third-order valence-electron chi connectivity index (χ3n) is 4.99. The zero-order chi connectivity index (χ0) is 19.5. The number of amides is 1. The summed E-state index contributed by atoms with van der Waals surface area (Å²) in [5.74, 6) is 0.857. The number of rotatable bonds is 4. The number of nitrogens with one attached hydrogen (secondary N) is 1. The van der Waals surface area contributed by atoms with Crippen molar-refractivity contribution in [2.75, 3.05) is 38.2 Å². The van der Waals surface area contributed by atoms with Crippen LogP contribution in [-0.4, -0.2) is 54.3 Å². The Morgan fingerprint density at radius 1 is 1.11 bits per heavy atom. The zero-order valence-corrected chi connectivity index (χ0v) is 17.1. The van der Waals surface area contributed by atoms with Gasteiger partial charge in [-0.1, -0.05) is 28.1 Å². The molecule has 28 heavy (non-hydrogen) atoms. The van der Waals surface area contributed by atoms with E-state index in [1.54, 1.807) is 13.3 Å². The van der Waals surface area contributed by atoms with E-state index in [0.29, 0.717) is 18.7 Å². The highest BCUT2D eigenvalue weighted by Gasteiger charge is 2.25. The Kier molecular flexibility index (Phi) is 5.34. The second kappa shape index (κ2) is 8.06. The van der Waals surface area contributed by atoms with E-state index in [2.05, 4.69) is 43.2 Å². The number of benzene rings is 2. The second-order valence-corrected chi connectivity index (χ2v) is 7.56. The molecule has 0 unspecified atom stereocenters. The van der Waals surface area contributed by atoms with E-state index in [4.69, 9.17) is 4.74 Å². The Bertz CT molecular complexity index is 963. The minimum Gasteiger partial charge on any atom is -0.497 e. The lowest BCUT2D eigenvalue weighted by Gasteiger charge is -2.36. The first-order chi connectivity index (χ1) is 13.7. The number of anilines is 1. The summed E-state index contributed by atoms with van der Waals surface area (Å²) >= 11 is 3.48. The summed E-state index contributed by atoms with van der Waals surface area (Å²) in [4.78, 5) is 17.3. The van der Waals surface area contributed by atoms with E-state index in [1.807, 2.05) is 41.3 Å². The van der Waals surface area contributed by atoms with Crippen molar-refractivity contribution in [2.24, 2.45) is 0 Å². The molecule has 4 rings (SSSR count). The van der Waals surface area contributed by atoms with Gasteiger partial charge in [0.05, 0.1) is 24.6 Å². The average Bonchev–Trinajstić information content (AvgIpc) is 3.23. The van der Waals surface area contributed by atoms with Crippen molar-refractivity contribution in [3.63, 3.8) is 0 Å². The molecule has 0 aliphatic carbocycles. The van der Waals surface area contributed by atoms with Crippen molar-refractivity contribution in [3.8, 4) is 17.0 Å². The number of aromatic amines is 1. The van der Waals surface area contributed by atoms with Gasteiger partial charge in [-0.05, 0) is 36.4 Å². The highest BCUT2D eigenvalue weighted by atomic mass is 79.9. The molecule has 0 bridgehead atoms. The van der Waals surface area contributed by atoms with Crippen molar-refractivity contribution in [1.29, 1.82) is 0 Å². The quantitative estimate of drug-likeness (QED) is 0.669. The zero-order valence-electron chi connectivity index (χ0n) is 15.6. The van der Waals surface area contributed by atoms with Crippen molar-refractivity contribution in [3.05, 3.63) is 64.8 Å². The highest BCUT2D eigenvalue weighted by molar-refractivity contribution is 9.10. The number of carbonyl (C=O) groups excluding carboxylic acids is 1. The first kappa shape index (κ1) is 18.6. The number of carbonyl (C=O) groups is 1. The fourth-order valence-electron chi connectivity index (χ4n) is 3.44. The van der Waals surface area contributed by atoms with E-state index < -0.39 is 0 Å². The monoisotopic (exact) mass is 440 g/mol. The molecule has 0 saturated carbocycles. The van der Waals surface area contributed by atoms with Gasteiger partial charge in [-0.2, -0.15) is 5.10 Å². The first-order valence-corrected chi connectivity index (χ1v) is 9.92. The maximum atomic E-state index is 13.1. The number of aromatic nitrogens is 2. The Labute approximate surface area is 172 Å². The van der Waals surface area contributed by atoms with Crippen molar-refractivity contribution in [1.82, 2.24) is 15.1 Å². The van der Waals surface area contributed by atoms with Crippen LogP contribution in [0.2, 0.25) is 0 Å². The van der Waals surface area contributed by atoms with Crippen LogP contribution in [0, 0.1) is 0 Å². The summed E-state index contributed by atoms with van der Waals surface area (Å²) in [6, 6.07) is 15.9. The molecule has 1 aliphatic rings. The van der Waals surface area contributed by atoms with Crippen LogP contribution in [0.5, 0.6) is 5.75 Å². The Balaban J connectivity index is 1.45. The largest absolute Gasteiger partial charge is 0.497 e. The molecule has 2 aromatic carbocycles. The fraction of sp³-hybridized carbons (Fsp3) is 0.238. The van der Waals surface area contributed by atoms with Gasteiger partial charge in [0.15, 0.2) is 0 Å². The van der Waals surface area contributed by atoms with Crippen LogP contribution in [0.1, 0.15) is 10.4 Å². The Hall–Kier alpha value is -2.80. The maximum Gasteiger partial charge on any atom is 0.257 e. The lowest BCUT2D eigenvalue weighted by Crippen LogP contribution is -2.48. The summed E-state index contributed by atoms with van der Waals surface area (Å²) in [5.41, 5.74) is 3.44. The molecule has 0 radical (unpaired) electrons. The van der Waals surface area contributed by atoms with Gasteiger partial charge in [-0.3, -0.25) is 9.89 Å². The van der Waals surface area contributed by atoms with Gasteiger partial charge >= 0.3 is 0 Å². The molecule has 1 aliphatic heterocycles. The lowest BCUT2D eigenvalue weighted by atomic mass is 10.1. The number of ether oxygens (including phenoxy) is 1. The number of hydrogen-bond donors (Lipinski definition) is 1. The van der Waals surface area contributed by atoms with Crippen molar-refractivity contribution >= 4 is 27.5 Å². The van der Waals surface area contributed by atoms with Gasteiger partial charge in [0, 0.05) is 41.9 Å². The topological polar surface area (TPSA) is 61.5 Å². The molecule has 1 fully saturated rings. The number of nitrogens with zero attached hydrogens (tertiary/aromatic N) is 3. The van der Waals surface area contributed by atoms with Crippen LogP contribution in [0.3, 0.4) is 0 Å². The lowest BCUT2D eigenvalue weighted by molar-refractivity contribution is 0.0747. The second-order valence-electron chi connectivity index (χ2n) is 6.65. The summed E-state index contributed by atoms with van der Waals surface area (Å²) in [6.45, 7) is 2.94. The molecule has 1 saturated heterocycles. The molecule has 1 aromatic heterocycles. The number of methoxy groups -OCH3 is 1. The average molecular weight is 441 g/mol. The molecular formula is C21H21BrN4O2. The molecule has 1 N–H and O–H groups in total. The SMILES string of the molecule is COc1ccc(N2CCN(C(=O)c3cn[nH]c3-c3cccc(Br)c3)CC2)cc1. The number of piperazine rings is 1. The van der Waals surface area contributed by atoms with Crippen LogP contribution in [0.4, 0.5) is 5.69 Å². The van der Waals surface area contributed by atoms with Gasteiger partial charge in [0.1, 0.15) is 5.75 Å². The molecule has 1 amide bonds. The van der Waals surface area contributed by atoms with Crippen molar-refractivity contribution in [2.45, 2.75) is 0 Å². The van der Waals surface area contributed by atoms with E-state index >= 15 is 0 Å². The highest BCUT2D eigenvalue weighted by Crippen LogP contribution is 2.26.